The molecule has 1 N–H and O–H groups in total. The molecule has 1 aromatic carbocycles. The number of pyridine rings is 1. The number of rotatable bonds is 2. The van der Waals surface area contributed by atoms with E-state index in [-0.39, 0.29) is 11.1 Å². The van der Waals surface area contributed by atoms with Crippen LogP contribution >= 0.6 is 0 Å². The van der Waals surface area contributed by atoms with Crippen LogP contribution in [0.2, 0.25) is 0 Å². The zero-order chi connectivity index (χ0) is 16.6. The predicted molar refractivity (Wildman–Crippen MR) is 92.5 cm³/mol. The molecule has 3 heteroatoms. The number of hydrogen-bond acceptors (Lipinski definition) is 2. The molecule has 118 valence electrons. The van der Waals surface area contributed by atoms with E-state index in [0.717, 1.165) is 41.6 Å². The first-order valence-corrected chi connectivity index (χ1v) is 8.29. The van der Waals surface area contributed by atoms with Crippen molar-refractivity contribution < 1.29 is 0 Å². The van der Waals surface area contributed by atoms with E-state index in [1.54, 1.807) is 0 Å². The Morgan fingerprint density at radius 1 is 1.26 bits per heavy atom. The van der Waals surface area contributed by atoms with E-state index in [4.69, 9.17) is 0 Å². The number of nitrogens with zero attached hydrogens (tertiary/aromatic N) is 1. The van der Waals surface area contributed by atoms with Crippen molar-refractivity contribution in [3.05, 3.63) is 57.0 Å². The van der Waals surface area contributed by atoms with Crippen LogP contribution in [0.15, 0.2) is 29.1 Å². The molecule has 1 unspecified atom stereocenters. The molecule has 1 aromatic heterocycles. The summed E-state index contributed by atoms with van der Waals surface area (Å²) in [5.41, 5.74) is 5.19. The van der Waals surface area contributed by atoms with Crippen molar-refractivity contribution in [2.24, 2.45) is 5.92 Å². The molecule has 0 saturated heterocycles. The minimum absolute atomic E-state index is 0.247. The largest absolute Gasteiger partial charge is 0.324 e. The molecule has 1 aliphatic rings. The SMILES string of the molecule is Cc1ccc(-c2c3c([nH]c(=O)c2C#N)C(C(C)C)CCC3)cc1. The molecule has 1 aliphatic carbocycles. The van der Waals surface area contributed by atoms with Crippen molar-refractivity contribution in [1.82, 2.24) is 4.98 Å². The summed E-state index contributed by atoms with van der Waals surface area (Å²) in [5, 5.41) is 9.52. The number of aryl methyl sites for hydroxylation is 1. The Balaban J connectivity index is 2.31. The highest BCUT2D eigenvalue weighted by Crippen LogP contribution is 2.39. The molecule has 0 saturated carbocycles. The van der Waals surface area contributed by atoms with Crippen LogP contribution in [-0.2, 0) is 6.42 Å². The van der Waals surface area contributed by atoms with Crippen LogP contribution < -0.4 is 5.56 Å². The lowest BCUT2D eigenvalue weighted by Gasteiger charge is -2.30. The van der Waals surface area contributed by atoms with Gasteiger partial charge in [-0.15, -0.1) is 0 Å². The molecule has 0 spiro atoms. The molecular formula is C20H22N2O. The maximum atomic E-state index is 12.5. The Bertz CT molecular complexity index is 822. The third kappa shape index (κ3) is 2.70. The third-order valence-corrected chi connectivity index (χ3v) is 4.92. The van der Waals surface area contributed by atoms with Gasteiger partial charge in [0.15, 0.2) is 0 Å². The third-order valence-electron chi connectivity index (χ3n) is 4.92. The van der Waals surface area contributed by atoms with Gasteiger partial charge in [0, 0.05) is 17.2 Å². The summed E-state index contributed by atoms with van der Waals surface area (Å²) in [7, 11) is 0. The minimum atomic E-state index is -0.255. The summed E-state index contributed by atoms with van der Waals surface area (Å²) in [6.45, 7) is 6.43. The standard InChI is InChI=1S/C20H22N2O/c1-12(2)15-5-4-6-16-18(14-9-7-13(3)8-10-14)17(11-21)20(23)22-19(15)16/h7-10,12,15H,4-6H2,1-3H3,(H,22,23). The van der Waals surface area contributed by atoms with Crippen LogP contribution in [0.1, 0.15) is 55.0 Å². The number of aromatic nitrogens is 1. The van der Waals surface area contributed by atoms with Crippen molar-refractivity contribution in [3.63, 3.8) is 0 Å². The molecule has 0 fully saturated rings. The van der Waals surface area contributed by atoms with Crippen molar-refractivity contribution in [1.29, 1.82) is 5.26 Å². The molecule has 23 heavy (non-hydrogen) atoms. The fourth-order valence-electron chi connectivity index (χ4n) is 3.69. The Kier molecular flexibility index (Phi) is 4.09. The summed E-state index contributed by atoms with van der Waals surface area (Å²) >= 11 is 0. The van der Waals surface area contributed by atoms with Gasteiger partial charge in [-0.3, -0.25) is 4.79 Å². The zero-order valence-electron chi connectivity index (χ0n) is 13.9. The molecule has 3 rings (SSSR count). The van der Waals surface area contributed by atoms with Crippen LogP contribution in [0.5, 0.6) is 0 Å². The first kappa shape index (κ1) is 15.6. The number of benzene rings is 1. The first-order chi connectivity index (χ1) is 11.0. The molecule has 1 atom stereocenters. The van der Waals surface area contributed by atoms with E-state index < -0.39 is 0 Å². The molecule has 0 bridgehead atoms. The maximum absolute atomic E-state index is 12.5. The van der Waals surface area contributed by atoms with Crippen LogP contribution in [0.3, 0.4) is 0 Å². The molecule has 0 radical (unpaired) electrons. The monoisotopic (exact) mass is 306 g/mol. The smallest absolute Gasteiger partial charge is 0.266 e. The van der Waals surface area contributed by atoms with Gasteiger partial charge >= 0.3 is 0 Å². The Labute approximate surface area is 137 Å². The summed E-state index contributed by atoms with van der Waals surface area (Å²) in [4.78, 5) is 15.5. The number of H-pyrrole nitrogens is 1. The van der Waals surface area contributed by atoms with Crippen molar-refractivity contribution >= 4 is 0 Å². The van der Waals surface area contributed by atoms with Crippen molar-refractivity contribution in [3.8, 4) is 17.2 Å². The van der Waals surface area contributed by atoms with Crippen LogP contribution in [0, 0.1) is 24.2 Å². The van der Waals surface area contributed by atoms with E-state index >= 15 is 0 Å². The van der Waals surface area contributed by atoms with Gasteiger partial charge in [-0.05, 0) is 43.2 Å². The van der Waals surface area contributed by atoms with Gasteiger partial charge in [0.05, 0.1) is 0 Å². The second-order valence-corrected chi connectivity index (χ2v) is 6.82. The number of fused-ring (bicyclic) bond motifs is 1. The molecule has 0 amide bonds. The number of aromatic amines is 1. The Morgan fingerprint density at radius 2 is 1.96 bits per heavy atom. The summed E-state index contributed by atoms with van der Waals surface area (Å²) in [6.07, 6.45) is 3.12. The van der Waals surface area contributed by atoms with E-state index in [1.165, 1.54) is 5.56 Å². The first-order valence-electron chi connectivity index (χ1n) is 8.29. The van der Waals surface area contributed by atoms with E-state index in [2.05, 4.69) is 24.9 Å². The van der Waals surface area contributed by atoms with Gasteiger partial charge in [-0.2, -0.15) is 5.26 Å². The van der Waals surface area contributed by atoms with E-state index in [1.807, 2.05) is 31.2 Å². The topological polar surface area (TPSA) is 56.6 Å². The fraction of sp³-hybridized carbons (Fsp3) is 0.400. The average Bonchev–Trinajstić information content (AvgIpc) is 2.53. The van der Waals surface area contributed by atoms with Gasteiger partial charge in [0.1, 0.15) is 11.6 Å². The Hall–Kier alpha value is -2.34. The second-order valence-electron chi connectivity index (χ2n) is 6.82. The highest BCUT2D eigenvalue weighted by atomic mass is 16.1. The van der Waals surface area contributed by atoms with Gasteiger partial charge in [-0.1, -0.05) is 43.7 Å². The van der Waals surface area contributed by atoms with Crippen LogP contribution in [0.4, 0.5) is 0 Å². The van der Waals surface area contributed by atoms with Gasteiger partial charge in [0.2, 0.25) is 0 Å². The highest BCUT2D eigenvalue weighted by molar-refractivity contribution is 5.75. The van der Waals surface area contributed by atoms with Gasteiger partial charge in [0.25, 0.3) is 5.56 Å². The number of hydrogen-bond donors (Lipinski definition) is 1. The van der Waals surface area contributed by atoms with Crippen molar-refractivity contribution in [2.75, 3.05) is 0 Å². The maximum Gasteiger partial charge on any atom is 0.266 e. The lowest BCUT2D eigenvalue weighted by atomic mass is 9.77. The highest BCUT2D eigenvalue weighted by Gasteiger charge is 2.28. The van der Waals surface area contributed by atoms with Crippen molar-refractivity contribution in [2.45, 2.75) is 46.0 Å². The summed E-state index contributed by atoms with van der Waals surface area (Å²) in [5.74, 6) is 0.840. The fourth-order valence-corrected chi connectivity index (χ4v) is 3.69. The molecular weight excluding hydrogens is 284 g/mol. The van der Waals surface area contributed by atoms with Crippen LogP contribution in [0.25, 0.3) is 11.1 Å². The Morgan fingerprint density at radius 3 is 2.57 bits per heavy atom. The lowest BCUT2D eigenvalue weighted by Crippen LogP contribution is -2.24. The summed E-state index contributed by atoms with van der Waals surface area (Å²) in [6, 6.07) is 10.2. The molecule has 2 aromatic rings. The minimum Gasteiger partial charge on any atom is -0.324 e. The van der Waals surface area contributed by atoms with E-state index in [0.29, 0.717) is 11.8 Å². The second kappa shape index (κ2) is 6.04. The zero-order valence-corrected chi connectivity index (χ0v) is 13.9. The number of nitriles is 1. The summed E-state index contributed by atoms with van der Waals surface area (Å²) < 4.78 is 0. The predicted octanol–water partition coefficient (Wildman–Crippen LogP) is 4.30. The normalized spacial score (nSPS) is 16.9. The molecule has 1 heterocycles. The molecule has 3 nitrogen and oxygen atoms in total. The molecule has 0 aliphatic heterocycles. The quantitative estimate of drug-likeness (QED) is 0.899. The van der Waals surface area contributed by atoms with Crippen LogP contribution in [-0.4, -0.2) is 4.98 Å². The lowest BCUT2D eigenvalue weighted by molar-refractivity contribution is 0.423. The average molecular weight is 306 g/mol. The van der Waals surface area contributed by atoms with Gasteiger partial charge < -0.3 is 4.98 Å². The number of nitrogens with one attached hydrogen (secondary N) is 1. The van der Waals surface area contributed by atoms with Gasteiger partial charge in [-0.25, -0.2) is 0 Å². The van der Waals surface area contributed by atoms with E-state index in [9.17, 15) is 10.1 Å².